The van der Waals surface area contributed by atoms with Gasteiger partial charge in [-0.25, -0.2) is 0 Å². The minimum absolute atomic E-state index is 0.0375. The number of aliphatic hydroxyl groups excluding tert-OH is 1. The molecule has 0 amide bonds. The lowest BCUT2D eigenvalue weighted by Crippen LogP contribution is -2.17. The fourth-order valence-electron chi connectivity index (χ4n) is 1.97. The normalized spacial score (nSPS) is 11.3. The molecule has 3 nitrogen and oxygen atoms in total. The van der Waals surface area contributed by atoms with E-state index in [1.165, 1.54) is 12.1 Å². The fraction of sp³-hybridized carbons (Fsp3) is 0.250. The summed E-state index contributed by atoms with van der Waals surface area (Å²) in [7, 11) is 0. The van der Waals surface area contributed by atoms with E-state index < -0.39 is 6.36 Å². The van der Waals surface area contributed by atoms with Crippen molar-refractivity contribution < 1.29 is 27.8 Å². The number of halogens is 3. The molecule has 0 fully saturated rings. The third kappa shape index (κ3) is 4.14. The van der Waals surface area contributed by atoms with E-state index in [0.717, 1.165) is 5.56 Å². The van der Waals surface area contributed by atoms with Gasteiger partial charge >= 0.3 is 6.36 Å². The topological polar surface area (TPSA) is 38.7 Å². The summed E-state index contributed by atoms with van der Waals surface area (Å²) in [4.78, 5) is 0. The van der Waals surface area contributed by atoms with Gasteiger partial charge in [-0.1, -0.05) is 30.3 Å². The smallest absolute Gasteiger partial charge is 0.490 e. The molecule has 0 radical (unpaired) electrons. The van der Waals surface area contributed by atoms with Gasteiger partial charge in [-0.3, -0.25) is 0 Å². The number of benzene rings is 2. The Balaban J connectivity index is 2.37. The standard InChI is InChI=1S/C16H15F3O3/c1-2-21-14-8-7-13(9-15(14)22-16(17,18)19)12-5-3-11(10-20)4-6-12/h3-9,20H,2,10H2,1H3. The van der Waals surface area contributed by atoms with Gasteiger partial charge in [0.1, 0.15) is 0 Å². The van der Waals surface area contributed by atoms with E-state index in [0.29, 0.717) is 11.1 Å². The quantitative estimate of drug-likeness (QED) is 0.901. The Morgan fingerprint density at radius 2 is 1.59 bits per heavy atom. The molecule has 2 rings (SSSR count). The largest absolute Gasteiger partial charge is 0.573 e. The van der Waals surface area contributed by atoms with Crippen LogP contribution in [0.4, 0.5) is 13.2 Å². The first-order valence-electron chi connectivity index (χ1n) is 6.65. The summed E-state index contributed by atoms with van der Waals surface area (Å²) in [5, 5.41) is 9.00. The predicted molar refractivity (Wildman–Crippen MR) is 75.7 cm³/mol. The van der Waals surface area contributed by atoms with Gasteiger partial charge < -0.3 is 14.6 Å². The number of alkyl halides is 3. The molecule has 2 aromatic carbocycles. The molecular formula is C16H15F3O3. The van der Waals surface area contributed by atoms with Gasteiger partial charge in [0.25, 0.3) is 0 Å². The Morgan fingerprint density at radius 3 is 2.14 bits per heavy atom. The molecule has 0 bridgehead atoms. The Bertz CT molecular complexity index is 622. The molecule has 0 saturated carbocycles. The Hall–Kier alpha value is -2.21. The van der Waals surface area contributed by atoms with E-state index in [1.807, 2.05) is 0 Å². The van der Waals surface area contributed by atoms with Gasteiger partial charge in [0.15, 0.2) is 11.5 Å². The van der Waals surface area contributed by atoms with Crippen molar-refractivity contribution in [1.82, 2.24) is 0 Å². The van der Waals surface area contributed by atoms with Crippen LogP contribution in [0.1, 0.15) is 12.5 Å². The van der Waals surface area contributed by atoms with Gasteiger partial charge in [-0.2, -0.15) is 0 Å². The summed E-state index contributed by atoms with van der Waals surface area (Å²) in [6, 6.07) is 11.2. The van der Waals surface area contributed by atoms with Crippen LogP contribution in [0, 0.1) is 0 Å². The van der Waals surface area contributed by atoms with E-state index >= 15 is 0 Å². The highest BCUT2D eigenvalue weighted by Gasteiger charge is 2.32. The van der Waals surface area contributed by atoms with Crippen LogP contribution in [0.5, 0.6) is 11.5 Å². The lowest BCUT2D eigenvalue weighted by molar-refractivity contribution is -0.275. The summed E-state index contributed by atoms with van der Waals surface area (Å²) < 4.78 is 46.6. The lowest BCUT2D eigenvalue weighted by atomic mass is 10.0. The molecule has 0 saturated heterocycles. The molecule has 0 aliphatic carbocycles. The summed E-state index contributed by atoms with van der Waals surface area (Å²) in [6.07, 6.45) is -4.79. The lowest BCUT2D eigenvalue weighted by Gasteiger charge is -2.15. The highest BCUT2D eigenvalue weighted by Crippen LogP contribution is 2.36. The summed E-state index contributed by atoms with van der Waals surface area (Å²) in [6.45, 7) is 1.82. The molecule has 1 N–H and O–H groups in total. The minimum atomic E-state index is -4.79. The van der Waals surface area contributed by atoms with Crippen molar-refractivity contribution in [3.8, 4) is 22.6 Å². The second kappa shape index (κ2) is 6.70. The third-order valence-corrected chi connectivity index (χ3v) is 2.94. The molecule has 0 atom stereocenters. The van der Waals surface area contributed by atoms with E-state index in [4.69, 9.17) is 9.84 Å². The van der Waals surface area contributed by atoms with E-state index in [1.54, 1.807) is 37.3 Å². The molecule has 118 valence electrons. The molecule has 0 aliphatic rings. The first kappa shape index (κ1) is 16.2. The van der Waals surface area contributed by atoms with Crippen LogP contribution in [0.25, 0.3) is 11.1 Å². The summed E-state index contributed by atoms with van der Waals surface area (Å²) in [5.74, 6) is -0.339. The highest BCUT2D eigenvalue weighted by molar-refractivity contribution is 5.67. The number of rotatable bonds is 5. The van der Waals surface area contributed by atoms with Crippen LogP contribution in [0.2, 0.25) is 0 Å². The molecule has 0 aromatic heterocycles. The van der Waals surface area contributed by atoms with Crippen LogP contribution in [-0.4, -0.2) is 18.1 Å². The molecule has 0 heterocycles. The number of ether oxygens (including phenoxy) is 2. The maximum absolute atomic E-state index is 12.5. The Labute approximate surface area is 125 Å². The number of aliphatic hydroxyl groups is 1. The van der Waals surface area contributed by atoms with E-state index in [9.17, 15) is 13.2 Å². The Kier molecular flexibility index (Phi) is 4.92. The number of hydrogen-bond donors (Lipinski definition) is 1. The van der Waals surface area contributed by atoms with Gasteiger partial charge in [0.2, 0.25) is 0 Å². The van der Waals surface area contributed by atoms with Gasteiger partial charge in [0, 0.05) is 0 Å². The maximum atomic E-state index is 12.5. The van der Waals surface area contributed by atoms with E-state index in [2.05, 4.69) is 4.74 Å². The van der Waals surface area contributed by atoms with Crippen molar-refractivity contribution in [3.05, 3.63) is 48.0 Å². The maximum Gasteiger partial charge on any atom is 0.573 e. The van der Waals surface area contributed by atoms with Crippen molar-refractivity contribution in [3.63, 3.8) is 0 Å². The third-order valence-electron chi connectivity index (χ3n) is 2.94. The van der Waals surface area contributed by atoms with E-state index in [-0.39, 0.29) is 24.7 Å². The summed E-state index contributed by atoms with van der Waals surface area (Å²) >= 11 is 0. The van der Waals surface area contributed by atoms with Crippen molar-refractivity contribution in [2.75, 3.05) is 6.61 Å². The van der Waals surface area contributed by atoms with Crippen molar-refractivity contribution in [1.29, 1.82) is 0 Å². The SMILES string of the molecule is CCOc1ccc(-c2ccc(CO)cc2)cc1OC(F)(F)F. The zero-order valence-electron chi connectivity index (χ0n) is 11.9. The Morgan fingerprint density at radius 1 is 0.955 bits per heavy atom. The molecule has 22 heavy (non-hydrogen) atoms. The molecular weight excluding hydrogens is 297 g/mol. The number of hydrogen-bond acceptors (Lipinski definition) is 3. The van der Waals surface area contributed by atoms with Crippen molar-refractivity contribution >= 4 is 0 Å². The zero-order valence-corrected chi connectivity index (χ0v) is 11.9. The first-order valence-corrected chi connectivity index (χ1v) is 6.65. The second-order valence-corrected chi connectivity index (χ2v) is 4.50. The average molecular weight is 312 g/mol. The first-order chi connectivity index (χ1) is 10.4. The van der Waals surface area contributed by atoms with Crippen LogP contribution in [0.3, 0.4) is 0 Å². The second-order valence-electron chi connectivity index (χ2n) is 4.50. The molecule has 0 spiro atoms. The van der Waals surface area contributed by atoms with Crippen molar-refractivity contribution in [2.45, 2.75) is 19.9 Å². The zero-order chi connectivity index (χ0) is 16.2. The molecule has 0 aliphatic heterocycles. The molecule has 2 aromatic rings. The summed E-state index contributed by atoms with van der Waals surface area (Å²) in [5.41, 5.74) is 2.00. The molecule has 6 heteroatoms. The van der Waals surface area contributed by atoms with Crippen LogP contribution in [-0.2, 0) is 6.61 Å². The van der Waals surface area contributed by atoms with Crippen LogP contribution in [0.15, 0.2) is 42.5 Å². The monoisotopic (exact) mass is 312 g/mol. The fourth-order valence-corrected chi connectivity index (χ4v) is 1.97. The molecule has 0 unspecified atom stereocenters. The minimum Gasteiger partial charge on any atom is -0.490 e. The van der Waals surface area contributed by atoms with Gasteiger partial charge in [0.05, 0.1) is 13.2 Å². The van der Waals surface area contributed by atoms with Crippen LogP contribution < -0.4 is 9.47 Å². The van der Waals surface area contributed by atoms with Crippen molar-refractivity contribution in [2.24, 2.45) is 0 Å². The van der Waals surface area contributed by atoms with Gasteiger partial charge in [-0.05, 0) is 35.7 Å². The average Bonchev–Trinajstić information content (AvgIpc) is 2.48. The van der Waals surface area contributed by atoms with Crippen LogP contribution >= 0.6 is 0 Å². The predicted octanol–water partition coefficient (Wildman–Crippen LogP) is 4.14. The van der Waals surface area contributed by atoms with Gasteiger partial charge in [-0.15, -0.1) is 13.2 Å². The highest BCUT2D eigenvalue weighted by atomic mass is 19.4.